The summed E-state index contributed by atoms with van der Waals surface area (Å²) in [5.74, 6) is 0. The van der Waals surface area contributed by atoms with E-state index in [1.54, 1.807) is 12.4 Å². The number of hydrogen-bond acceptors (Lipinski definition) is 2. The summed E-state index contributed by atoms with van der Waals surface area (Å²) in [5.41, 5.74) is 0.859. The first-order valence-electron chi connectivity index (χ1n) is 3.30. The summed E-state index contributed by atoms with van der Waals surface area (Å²) in [6.45, 7) is 0. The van der Waals surface area contributed by atoms with Gasteiger partial charge >= 0.3 is 0 Å². The number of rotatable bonds is 1. The molecule has 0 saturated carbocycles. The fourth-order valence-corrected chi connectivity index (χ4v) is 0.848. The van der Waals surface area contributed by atoms with Crippen molar-refractivity contribution in [3.63, 3.8) is 0 Å². The van der Waals surface area contributed by atoms with Crippen LogP contribution in [0, 0.1) is 6.07 Å². The standard InChI is InChI=1S/C8H6N3.Ir/c1-2-4-8(5-3-1)11-9-6-7-10-11;/h1-4,6-7H;/q-1;. The van der Waals surface area contributed by atoms with Crippen LogP contribution in [0.1, 0.15) is 0 Å². The largest absolute Gasteiger partial charge is 0.177 e. The molecule has 3 nitrogen and oxygen atoms in total. The Bertz CT molecular complexity index is 317. The first kappa shape index (κ1) is 9.10. The number of aromatic nitrogens is 3. The summed E-state index contributed by atoms with van der Waals surface area (Å²) >= 11 is 0. The minimum Gasteiger partial charge on any atom is -0.177 e. The van der Waals surface area contributed by atoms with Crippen LogP contribution >= 0.6 is 0 Å². The Labute approximate surface area is 83.8 Å². The molecule has 0 aliphatic heterocycles. The van der Waals surface area contributed by atoms with Crippen LogP contribution in [-0.4, -0.2) is 15.0 Å². The normalized spacial score (nSPS) is 9.00. The van der Waals surface area contributed by atoms with Crippen molar-refractivity contribution in [2.75, 3.05) is 0 Å². The average Bonchev–Trinajstić information content (AvgIpc) is 2.58. The molecule has 12 heavy (non-hydrogen) atoms. The van der Waals surface area contributed by atoms with E-state index in [2.05, 4.69) is 16.3 Å². The zero-order valence-corrected chi connectivity index (χ0v) is 8.53. The van der Waals surface area contributed by atoms with Gasteiger partial charge in [0, 0.05) is 20.1 Å². The van der Waals surface area contributed by atoms with Gasteiger partial charge < -0.3 is 0 Å². The Morgan fingerprint density at radius 1 is 1.17 bits per heavy atom. The van der Waals surface area contributed by atoms with Crippen molar-refractivity contribution >= 4 is 0 Å². The van der Waals surface area contributed by atoms with Crippen LogP contribution in [0.3, 0.4) is 0 Å². The molecular formula is C8H6IrN3-. The minimum atomic E-state index is 0. The molecule has 63 valence electrons. The van der Waals surface area contributed by atoms with Gasteiger partial charge in [-0.05, 0) is 5.69 Å². The topological polar surface area (TPSA) is 30.7 Å². The second kappa shape index (κ2) is 4.14. The summed E-state index contributed by atoms with van der Waals surface area (Å²) in [4.78, 5) is 1.53. The molecule has 1 heterocycles. The number of nitrogens with zero attached hydrogens (tertiary/aromatic N) is 3. The van der Waals surface area contributed by atoms with Crippen molar-refractivity contribution < 1.29 is 20.1 Å². The molecule has 0 fully saturated rings. The van der Waals surface area contributed by atoms with Gasteiger partial charge in [0.05, 0.1) is 12.4 Å². The Morgan fingerprint density at radius 3 is 2.50 bits per heavy atom. The Kier molecular flexibility index (Phi) is 3.14. The third kappa shape index (κ3) is 1.78. The third-order valence-electron chi connectivity index (χ3n) is 1.33. The fraction of sp³-hybridized carbons (Fsp3) is 0. The molecule has 0 unspecified atom stereocenters. The van der Waals surface area contributed by atoms with E-state index in [1.807, 2.05) is 24.3 Å². The van der Waals surface area contributed by atoms with Gasteiger partial charge in [0.1, 0.15) is 0 Å². The molecule has 0 N–H and O–H groups in total. The summed E-state index contributed by atoms with van der Waals surface area (Å²) in [6, 6.07) is 10.6. The number of para-hydroxylation sites is 1. The SMILES string of the molecule is [Ir].[c-]1ccccc1-n1nccn1. The molecule has 0 spiro atoms. The van der Waals surface area contributed by atoms with Crippen molar-refractivity contribution in [2.45, 2.75) is 0 Å². The molecular weight excluding hydrogens is 330 g/mol. The van der Waals surface area contributed by atoms with Crippen LogP contribution < -0.4 is 0 Å². The van der Waals surface area contributed by atoms with E-state index < -0.39 is 0 Å². The molecule has 0 aliphatic carbocycles. The molecule has 0 amide bonds. The molecule has 0 atom stereocenters. The molecule has 2 rings (SSSR count). The smallest absolute Gasteiger partial charge is 0.0696 e. The van der Waals surface area contributed by atoms with Crippen LogP contribution in [0.4, 0.5) is 0 Å². The molecule has 1 radical (unpaired) electrons. The van der Waals surface area contributed by atoms with Gasteiger partial charge in [-0.1, -0.05) is 0 Å². The van der Waals surface area contributed by atoms with Crippen LogP contribution in [0.2, 0.25) is 0 Å². The maximum absolute atomic E-state index is 3.96. The predicted molar refractivity (Wildman–Crippen MR) is 40.2 cm³/mol. The zero-order valence-electron chi connectivity index (χ0n) is 6.14. The van der Waals surface area contributed by atoms with Crippen molar-refractivity contribution in [1.82, 2.24) is 15.0 Å². The van der Waals surface area contributed by atoms with Crippen LogP contribution in [0.25, 0.3) is 5.69 Å². The first-order chi connectivity index (χ1) is 5.47. The first-order valence-corrected chi connectivity index (χ1v) is 3.30. The maximum Gasteiger partial charge on any atom is 0.0696 e. The van der Waals surface area contributed by atoms with E-state index in [4.69, 9.17) is 0 Å². The summed E-state index contributed by atoms with van der Waals surface area (Å²) < 4.78 is 0. The summed E-state index contributed by atoms with van der Waals surface area (Å²) in [6.07, 6.45) is 3.28. The van der Waals surface area contributed by atoms with E-state index in [0.717, 1.165) is 5.69 Å². The quantitative estimate of drug-likeness (QED) is 0.730. The molecule has 1 aromatic carbocycles. The van der Waals surface area contributed by atoms with E-state index in [0.29, 0.717) is 0 Å². The Morgan fingerprint density at radius 2 is 1.92 bits per heavy atom. The molecule has 1 aromatic heterocycles. The Balaban J connectivity index is 0.000000720. The molecule has 0 saturated heterocycles. The minimum absolute atomic E-state index is 0. The summed E-state index contributed by atoms with van der Waals surface area (Å²) in [7, 11) is 0. The van der Waals surface area contributed by atoms with Gasteiger partial charge in [-0.3, -0.25) is 0 Å². The van der Waals surface area contributed by atoms with E-state index >= 15 is 0 Å². The average molecular weight is 336 g/mol. The zero-order chi connectivity index (χ0) is 7.52. The molecule has 4 heteroatoms. The molecule has 0 bridgehead atoms. The van der Waals surface area contributed by atoms with Crippen LogP contribution in [-0.2, 0) is 20.1 Å². The third-order valence-corrected chi connectivity index (χ3v) is 1.33. The van der Waals surface area contributed by atoms with Gasteiger partial charge in [0.15, 0.2) is 0 Å². The van der Waals surface area contributed by atoms with Crippen molar-refractivity contribution in [3.05, 3.63) is 42.7 Å². The maximum atomic E-state index is 3.96. The van der Waals surface area contributed by atoms with Gasteiger partial charge in [-0.2, -0.15) is 39.3 Å². The van der Waals surface area contributed by atoms with Crippen LogP contribution in [0.5, 0.6) is 0 Å². The van der Waals surface area contributed by atoms with Crippen molar-refractivity contribution in [2.24, 2.45) is 0 Å². The van der Waals surface area contributed by atoms with Crippen molar-refractivity contribution in [3.8, 4) is 5.69 Å². The monoisotopic (exact) mass is 337 g/mol. The van der Waals surface area contributed by atoms with Crippen molar-refractivity contribution in [1.29, 1.82) is 0 Å². The fourth-order valence-electron chi connectivity index (χ4n) is 0.848. The molecule has 0 aliphatic rings. The second-order valence-electron chi connectivity index (χ2n) is 2.07. The van der Waals surface area contributed by atoms with Gasteiger partial charge in [-0.25, -0.2) is 0 Å². The van der Waals surface area contributed by atoms with E-state index in [1.165, 1.54) is 4.80 Å². The second-order valence-corrected chi connectivity index (χ2v) is 2.07. The number of benzene rings is 1. The van der Waals surface area contributed by atoms with Gasteiger partial charge in [0.25, 0.3) is 0 Å². The van der Waals surface area contributed by atoms with E-state index in [-0.39, 0.29) is 20.1 Å². The van der Waals surface area contributed by atoms with Gasteiger partial charge in [-0.15, -0.1) is 6.07 Å². The Hall–Kier alpha value is -0.991. The van der Waals surface area contributed by atoms with E-state index in [9.17, 15) is 0 Å². The molecule has 2 aromatic rings. The summed E-state index contributed by atoms with van der Waals surface area (Å²) in [5, 5.41) is 7.92. The van der Waals surface area contributed by atoms with Crippen LogP contribution in [0.15, 0.2) is 36.7 Å². The predicted octanol–water partition coefficient (Wildman–Crippen LogP) is 1.06. The number of hydrogen-bond donors (Lipinski definition) is 0. The van der Waals surface area contributed by atoms with Gasteiger partial charge in [0.2, 0.25) is 0 Å².